The van der Waals surface area contributed by atoms with E-state index in [4.69, 9.17) is 14.2 Å². The van der Waals surface area contributed by atoms with E-state index in [2.05, 4.69) is 5.32 Å². The van der Waals surface area contributed by atoms with Crippen molar-refractivity contribution in [3.8, 4) is 22.9 Å². The molecule has 5 aromatic rings. The van der Waals surface area contributed by atoms with E-state index in [0.29, 0.717) is 41.1 Å². The van der Waals surface area contributed by atoms with Crippen molar-refractivity contribution < 1.29 is 27.8 Å². The Morgan fingerprint density at radius 1 is 0.825 bits per heavy atom. The van der Waals surface area contributed by atoms with Gasteiger partial charge in [-0.2, -0.15) is 0 Å². The van der Waals surface area contributed by atoms with Gasteiger partial charge < -0.3 is 24.1 Å². The summed E-state index contributed by atoms with van der Waals surface area (Å²) < 4.78 is 45.9. The molecular formula is C31H24F2N2O5. The third-order valence-electron chi connectivity index (χ3n) is 6.20. The maximum Gasteiger partial charge on any atom is 0.261 e. The number of anilines is 1. The molecule has 1 N–H and O–H groups in total. The second-order valence-corrected chi connectivity index (χ2v) is 8.88. The van der Waals surface area contributed by atoms with E-state index >= 15 is 0 Å². The maximum absolute atomic E-state index is 13.7. The first-order valence-electron chi connectivity index (χ1n) is 12.2. The second kappa shape index (κ2) is 11.3. The van der Waals surface area contributed by atoms with Crippen LogP contribution in [0.25, 0.3) is 16.6 Å². The SMILES string of the molecule is COc1cc(OC)cc(-n2cc(C(=O)Nc3cc(F)cc(F)c3)c(=O)c3ccc(OCc4ccccc4)cc32)c1. The standard InChI is InChI=1S/C31H24F2N2O5/c1-38-25-13-23(14-26(15-25)39-2)35-17-28(31(37)34-22-11-20(32)10-21(33)12-22)30(36)27-9-8-24(16-29(27)35)40-18-19-6-4-3-5-7-19/h3-17H,18H2,1-2H3,(H,34,37). The monoisotopic (exact) mass is 542 g/mol. The van der Waals surface area contributed by atoms with Crippen LogP contribution in [0.2, 0.25) is 0 Å². The molecule has 0 aliphatic carbocycles. The first-order valence-corrected chi connectivity index (χ1v) is 12.2. The van der Waals surface area contributed by atoms with Crippen molar-refractivity contribution in [3.05, 3.63) is 124 Å². The molecule has 7 nitrogen and oxygen atoms in total. The van der Waals surface area contributed by atoms with E-state index in [9.17, 15) is 18.4 Å². The molecule has 0 saturated carbocycles. The lowest BCUT2D eigenvalue weighted by atomic mass is 10.1. The van der Waals surface area contributed by atoms with Gasteiger partial charge in [0.2, 0.25) is 5.43 Å². The van der Waals surface area contributed by atoms with Gasteiger partial charge >= 0.3 is 0 Å². The number of nitrogens with zero attached hydrogens (tertiary/aromatic N) is 1. The van der Waals surface area contributed by atoms with Gasteiger partial charge in [-0.1, -0.05) is 30.3 Å². The third kappa shape index (κ3) is 5.63. The number of pyridine rings is 1. The van der Waals surface area contributed by atoms with Crippen molar-refractivity contribution in [2.45, 2.75) is 6.61 Å². The predicted molar refractivity (Wildman–Crippen MR) is 148 cm³/mol. The Bertz CT molecular complexity index is 1730. The molecule has 0 atom stereocenters. The number of benzene rings is 4. The molecular weight excluding hydrogens is 518 g/mol. The van der Waals surface area contributed by atoms with Crippen LogP contribution in [0.3, 0.4) is 0 Å². The molecule has 0 spiro atoms. The predicted octanol–water partition coefficient (Wildman–Crippen LogP) is 6.12. The van der Waals surface area contributed by atoms with Crippen molar-refractivity contribution in [1.82, 2.24) is 4.57 Å². The minimum Gasteiger partial charge on any atom is -0.497 e. The summed E-state index contributed by atoms with van der Waals surface area (Å²) >= 11 is 0. The van der Waals surface area contributed by atoms with E-state index in [1.807, 2.05) is 30.3 Å². The molecule has 4 aromatic carbocycles. The first kappa shape index (κ1) is 26.4. The molecule has 40 heavy (non-hydrogen) atoms. The highest BCUT2D eigenvalue weighted by Gasteiger charge is 2.19. The molecule has 9 heteroatoms. The van der Waals surface area contributed by atoms with Crippen LogP contribution in [0.15, 0.2) is 95.9 Å². The van der Waals surface area contributed by atoms with Gasteiger partial charge in [-0.05, 0) is 29.8 Å². The Labute approximate surface area is 228 Å². The molecule has 1 aromatic heterocycles. The Morgan fingerprint density at radius 2 is 1.50 bits per heavy atom. The Balaban J connectivity index is 1.64. The number of nitrogens with one attached hydrogen (secondary N) is 1. The molecule has 0 saturated heterocycles. The number of ether oxygens (including phenoxy) is 3. The molecule has 5 rings (SSSR count). The zero-order valence-corrected chi connectivity index (χ0v) is 21.6. The summed E-state index contributed by atoms with van der Waals surface area (Å²) in [6, 6.07) is 22.3. The van der Waals surface area contributed by atoms with Gasteiger partial charge in [-0.3, -0.25) is 9.59 Å². The molecule has 0 radical (unpaired) electrons. The number of aromatic nitrogens is 1. The average Bonchev–Trinajstić information content (AvgIpc) is 2.95. The molecule has 0 aliphatic heterocycles. The van der Waals surface area contributed by atoms with Crippen molar-refractivity contribution in [2.75, 3.05) is 19.5 Å². The fraction of sp³-hybridized carbons (Fsp3) is 0.0968. The van der Waals surface area contributed by atoms with Gasteiger partial charge in [-0.15, -0.1) is 0 Å². The highest BCUT2D eigenvalue weighted by Crippen LogP contribution is 2.29. The summed E-state index contributed by atoms with van der Waals surface area (Å²) in [5.74, 6) is -1.08. The summed E-state index contributed by atoms with van der Waals surface area (Å²) in [5, 5.41) is 2.64. The minimum absolute atomic E-state index is 0.124. The van der Waals surface area contributed by atoms with Gasteiger partial charge in [0.15, 0.2) is 0 Å². The summed E-state index contributed by atoms with van der Waals surface area (Å²) in [6.45, 7) is 0.314. The largest absolute Gasteiger partial charge is 0.497 e. The summed E-state index contributed by atoms with van der Waals surface area (Å²) in [5.41, 5.74) is 1.04. The molecule has 1 heterocycles. The summed E-state index contributed by atoms with van der Waals surface area (Å²) in [7, 11) is 3.02. The number of amides is 1. The highest BCUT2D eigenvalue weighted by atomic mass is 19.1. The lowest BCUT2D eigenvalue weighted by molar-refractivity contribution is 0.102. The zero-order valence-electron chi connectivity index (χ0n) is 21.6. The Hall–Kier alpha value is -5.18. The lowest BCUT2D eigenvalue weighted by Crippen LogP contribution is -2.24. The van der Waals surface area contributed by atoms with Crippen molar-refractivity contribution >= 4 is 22.5 Å². The first-order chi connectivity index (χ1) is 19.3. The normalized spacial score (nSPS) is 10.8. The van der Waals surface area contributed by atoms with Crippen LogP contribution in [-0.2, 0) is 6.61 Å². The van der Waals surface area contributed by atoms with Crippen LogP contribution in [0.4, 0.5) is 14.5 Å². The molecule has 0 aliphatic rings. The van der Waals surface area contributed by atoms with Crippen LogP contribution in [-0.4, -0.2) is 24.7 Å². The van der Waals surface area contributed by atoms with E-state index in [1.54, 1.807) is 41.0 Å². The van der Waals surface area contributed by atoms with Crippen LogP contribution < -0.4 is 25.0 Å². The number of hydrogen-bond donors (Lipinski definition) is 1. The number of halogens is 2. The second-order valence-electron chi connectivity index (χ2n) is 8.88. The van der Waals surface area contributed by atoms with Crippen LogP contribution in [0.1, 0.15) is 15.9 Å². The van der Waals surface area contributed by atoms with Gasteiger partial charge in [0, 0.05) is 47.6 Å². The van der Waals surface area contributed by atoms with Crippen molar-refractivity contribution in [1.29, 1.82) is 0 Å². The van der Waals surface area contributed by atoms with E-state index in [-0.39, 0.29) is 16.6 Å². The number of hydrogen-bond acceptors (Lipinski definition) is 5. The van der Waals surface area contributed by atoms with Gasteiger partial charge in [0.1, 0.15) is 41.1 Å². The number of rotatable bonds is 8. The zero-order chi connectivity index (χ0) is 28.2. The van der Waals surface area contributed by atoms with Crippen LogP contribution >= 0.6 is 0 Å². The van der Waals surface area contributed by atoms with Gasteiger partial charge in [0.25, 0.3) is 5.91 Å². The quantitative estimate of drug-likeness (QED) is 0.256. The minimum atomic E-state index is -0.863. The number of carbonyl (C=O) groups excluding carboxylic acids is 1. The topological polar surface area (TPSA) is 78.8 Å². The molecule has 0 unspecified atom stereocenters. The summed E-state index contributed by atoms with van der Waals surface area (Å²) in [6.07, 6.45) is 1.37. The molecule has 202 valence electrons. The molecule has 0 bridgehead atoms. The third-order valence-corrected chi connectivity index (χ3v) is 6.20. The van der Waals surface area contributed by atoms with E-state index in [1.165, 1.54) is 20.4 Å². The molecule has 1 amide bonds. The van der Waals surface area contributed by atoms with Gasteiger partial charge in [0.05, 0.1) is 25.4 Å². The Kier molecular flexibility index (Phi) is 7.46. The fourth-order valence-electron chi connectivity index (χ4n) is 4.27. The van der Waals surface area contributed by atoms with Crippen LogP contribution in [0.5, 0.6) is 17.2 Å². The smallest absolute Gasteiger partial charge is 0.261 e. The van der Waals surface area contributed by atoms with Crippen molar-refractivity contribution in [2.24, 2.45) is 0 Å². The van der Waals surface area contributed by atoms with E-state index in [0.717, 1.165) is 17.7 Å². The van der Waals surface area contributed by atoms with Crippen molar-refractivity contribution in [3.63, 3.8) is 0 Å². The molecule has 0 fully saturated rings. The highest BCUT2D eigenvalue weighted by molar-refractivity contribution is 6.06. The lowest BCUT2D eigenvalue weighted by Gasteiger charge is -2.17. The Morgan fingerprint density at radius 3 is 2.15 bits per heavy atom. The average molecular weight is 543 g/mol. The van der Waals surface area contributed by atoms with E-state index < -0.39 is 23.0 Å². The van der Waals surface area contributed by atoms with Gasteiger partial charge in [-0.25, -0.2) is 8.78 Å². The number of carbonyl (C=O) groups is 1. The van der Waals surface area contributed by atoms with Crippen LogP contribution in [0, 0.1) is 11.6 Å². The number of fused-ring (bicyclic) bond motifs is 1. The maximum atomic E-state index is 13.7. The summed E-state index contributed by atoms with van der Waals surface area (Å²) in [4.78, 5) is 26.7. The number of methoxy groups -OCH3 is 2. The fourth-order valence-corrected chi connectivity index (χ4v) is 4.27.